The molecule has 118 valence electrons. The molecule has 0 heterocycles. The van der Waals surface area contributed by atoms with Crippen LogP contribution in [0.5, 0.6) is 0 Å². The summed E-state index contributed by atoms with van der Waals surface area (Å²) < 4.78 is 0. The van der Waals surface area contributed by atoms with Crippen molar-refractivity contribution >= 4 is 17.5 Å². The molecule has 0 unspecified atom stereocenters. The Labute approximate surface area is 132 Å². The monoisotopic (exact) mass is 313 g/mol. The van der Waals surface area contributed by atoms with Crippen molar-refractivity contribution in [1.82, 2.24) is 10.9 Å². The number of hydrogen-bond donors (Lipinski definition) is 2. The number of carbonyl (C=O) groups excluding carboxylic acids is 2. The van der Waals surface area contributed by atoms with E-state index in [2.05, 4.69) is 10.9 Å². The number of amides is 2. The van der Waals surface area contributed by atoms with Gasteiger partial charge in [-0.15, -0.1) is 0 Å². The highest BCUT2D eigenvalue weighted by molar-refractivity contribution is 5.99. The molecule has 0 spiro atoms. The van der Waals surface area contributed by atoms with Gasteiger partial charge in [0.25, 0.3) is 17.5 Å². The molecule has 0 bridgehead atoms. The first-order chi connectivity index (χ1) is 10.9. The lowest BCUT2D eigenvalue weighted by molar-refractivity contribution is -0.385. The van der Waals surface area contributed by atoms with Gasteiger partial charge in [0.1, 0.15) is 0 Å². The molecule has 23 heavy (non-hydrogen) atoms. The van der Waals surface area contributed by atoms with Gasteiger partial charge in [-0.25, -0.2) is 0 Å². The number of nitro groups is 1. The van der Waals surface area contributed by atoms with E-state index >= 15 is 0 Å². The number of nitro benzene ring substituents is 1. The zero-order valence-corrected chi connectivity index (χ0v) is 12.6. The topological polar surface area (TPSA) is 101 Å². The van der Waals surface area contributed by atoms with Crippen LogP contribution >= 0.6 is 0 Å². The Bertz CT molecular complexity index is 769. The van der Waals surface area contributed by atoms with Crippen molar-refractivity contribution in [2.24, 2.45) is 0 Å². The molecule has 0 aliphatic rings. The van der Waals surface area contributed by atoms with Crippen LogP contribution in [-0.2, 0) is 0 Å². The number of rotatable bonds is 3. The van der Waals surface area contributed by atoms with E-state index in [1.54, 1.807) is 31.2 Å². The van der Waals surface area contributed by atoms with Gasteiger partial charge in [-0.05, 0) is 38.1 Å². The Morgan fingerprint density at radius 2 is 1.43 bits per heavy atom. The first-order valence-electron chi connectivity index (χ1n) is 6.81. The summed E-state index contributed by atoms with van der Waals surface area (Å²) in [7, 11) is 0. The summed E-state index contributed by atoms with van der Waals surface area (Å²) in [5.74, 6) is -1.000. The van der Waals surface area contributed by atoms with E-state index in [9.17, 15) is 19.7 Å². The predicted octanol–water partition coefficient (Wildman–Crippen LogP) is 2.29. The summed E-state index contributed by atoms with van der Waals surface area (Å²) in [4.78, 5) is 34.1. The summed E-state index contributed by atoms with van der Waals surface area (Å²) in [6.45, 7) is 3.44. The van der Waals surface area contributed by atoms with Gasteiger partial charge >= 0.3 is 0 Å². The molecule has 2 aromatic carbocycles. The number of nitrogens with zero attached hydrogens (tertiary/aromatic N) is 1. The zero-order valence-electron chi connectivity index (χ0n) is 12.6. The Balaban J connectivity index is 2.02. The highest BCUT2D eigenvalue weighted by Crippen LogP contribution is 2.18. The summed E-state index contributed by atoms with van der Waals surface area (Å²) in [6.07, 6.45) is 0. The molecule has 0 aliphatic carbocycles. The van der Waals surface area contributed by atoms with Crippen LogP contribution in [-0.4, -0.2) is 16.7 Å². The van der Waals surface area contributed by atoms with Crippen molar-refractivity contribution in [3.05, 3.63) is 74.8 Å². The van der Waals surface area contributed by atoms with Gasteiger partial charge in [-0.3, -0.25) is 30.6 Å². The minimum atomic E-state index is -0.552. The van der Waals surface area contributed by atoms with Gasteiger partial charge in [0.05, 0.1) is 4.92 Å². The molecule has 0 aromatic heterocycles. The Morgan fingerprint density at radius 1 is 0.913 bits per heavy atom. The fourth-order valence-electron chi connectivity index (χ4n) is 1.96. The van der Waals surface area contributed by atoms with Gasteiger partial charge < -0.3 is 0 Å². The SMILES string of the molecule is Cc1ccc(C(=O)NNC(=O)c2ccc([N+](=O)[O-])c(C)c2)cc1. The molecule has 0 saturated heterocycles. The highest BCUT2D eigenvalue weighted by Gasteiger charge is 2.14. The zero-order chi connectivity index (χ0) is 17.0. The van der Waals surface area contributed by atoms with Crippen LogP contribution in [0.3, 0.4) is 0 Å². The molecular formula is C16H15N3O4. The number of hydrogen-bond acceptors (Lipinski definition) is 4. The van der Waals surface area contributed by atoms with Crippen molar-refractivity contribution in [2.45, 2.75) is 13.8 Å². The lowest BCUT2D eigenvalue weighted by Gasteiger charge is -2.08. The van der Waals surface area contributed by atoms with Gasteiger partial charge in [0.2, 0.25) is 0 Å². The Hall–Kier alpha value is -3.22. The van der Waals surface area contributed by atoms with Crippen molar-refractivity contribution < 1.29 is 14.5 Å². The van der Waals surface area contributed by atoms with Crippen LogP contribution in [0.25, 0.3) is 0 Å². The second-order valence-corrected chi connectivity index (χ2v) is 5.03. The van der Waals surface area contributed by atoms with E-state index in [0.717, 1.165) is 5.56 Å². The molecule has 2 amide bonds. The summed E-state index contributed by atoms with van der Waals surface area (Å²) >= 11 is 0. The molecule has 0 aliphatic heterocycles. The number of nitrogens with one attached hydrogen (secondary N) is 2. The molecule has 0 radical (unpaired) electrons. The van der Waals surface area contributed by atoms with Crippen LogP contribution in [0, 0.1) is 24.0 Å². The van der Waals surface area contributed by atoms with E-state index in [1.165, 1.54) is 18.2 Å². The van der Waals surface area contributed by atoms with Crippen LogP contribution in [0.1, 0.15) is 31.8 Å². The maximum atomic E-state index is 12.0. The lowest BCUT2D eigenvalue weighted by Crippen LogP contribution is -2.41. The third-order valence-electron chi connectivity index (χ3n) is 3.26. The molecule has 0 saturated carbocycles. The molecule has 7 nitrogen and oxygen atoms in total. The lowest BCUT2D eigenvalue weighted by atomic mass is 10.1. The summed E-state index contributed by atoms with van der Waals surface area (Å²) in [6, 6.07) is 10.8. The number of benzene rings is 2. The van der Waals surface area contributed by atoms with E-state index < -0.39 is 16.7 Å². The van der Waals surface area contributed by atoms with E-state index in [4.69, 9.17) is 0 Å². The second-order valence-electron chi connectivity index (χ2n) is 5.03. The fourth-order valence-corrected chi connectivity index (χ4v) is 1.96. The molecule has 2 N–H and O–H groups in total. The summed E-state index contributed by atoms with van der Waals surface area (Å²) in [5, 5.41) is 10.7. The largest absolute Gasteiger partial charge is 0.272 e. The molecule has 2 aromatic rings. The molecular weight excluding hydrogens is 298 g/mol. The molecule has 7 heteroatoms. The predicted molar refractivity (Wildman–Crippen MR) is 83.9 cm³/mol. The number of hydrazine groups is 1. The maximum absolute atomic E-state index is 12.0. The van der Waals surface area contributed by atoms with Crippen LogP contribution in [0.2, 0.25) is 0 Å². The molecule has 0 fully saturated rings. The molecule has 0 atom stereocenters. The average molecular weight is 313 g/mol. The van der Waals surface area contributed by atoms with Gasteiger partial charge in [0.15, 0.2) is 0 Å². The second kappa shape index (κ2) is 6.69. The van der Waals surface area contributed by atoms with Crippen molar-refractivity contribution in [3.63, 3.8) is 0 Å². The quantitative estimate of drug-likeness (QED) is 0.670. The first-order valence-corrected chi connectivity index (χ1v) is 6.81. The van der Waals surface area contributed by atoms with Crippen LogP contribution in [0.4, 0.5) is 5.69 Å². The minimum Gasteiger partial charge on any atom is -0.267 e. The smallest absolute Gasteiger partial charge is 0.267 e. The van der Waals surface area contributed by atoms with Crippen molar-refractivity contribution in [2.75, 3.05) is 0 Å². The van der Waals surface area contributed by atoms with Gasteiger partial charge in [-0.1, -0.05) is 17.7 Å². The number of aryl methyl sites for hydroxylation is 2. The Morgan fingerprint density at radius 3 is 1.96 bits per heavy atom. The van der Waals surface area contributed by atoms with Crippen LogP contribution < -0.4 is 10.9 Å². The van der Waals surface area contributed by atoms with E-state index in [1.807, 2.05) is 6.92 Å². The van der Waals surface area contributed by atoms with E-state index in [-0.39, 0.29) is 11.3 Å². The average Bonchev–Trinajstić information content (AvgIpc) is 2.52. The number of carbonyl (C=O) groups is 2. The summed E-state index contributed by atoms with van der Waals surface area (Å²) in [5.41, 5.74) is 6.54. The van der Waals surface area contributed by atoms with E-state index in [0.29, 0.717) is 11.1 Å². The normalized spacial score (nSPS) is 10.0. The van der Waals surface area contributed by atoms with Crippen molar-refractivity contribution in [3.8, 4) is 0 Å². The van der Waals surface area contributed by atoms with Crippen molar-refractivity contribution in [1.29, 1.82) is 0 Å². The highest BCUT2D eigenvalue weighted by atomic mass is 16.6. The standard InChI is InChI=1S/C16H15N3O4/c1-10-3-5-12(6-4-10)15(20)17-18-16(21)13-7-8-14(19(22)23)11(2)9-13/h3-9H,1-2H3,(H,17,20)(H,18,21). The third-order valence-corrected chi connectivity index (χ3v) is 3.26. The first kappa shape index (κ1) is 16.2. The maximum Gasteiger partial charge on any atom is 0.272 e. The molecule has 2 rings (SSSR count). The van der Waals surface area contributed by atoms with Gasteiger partial charge in [-0.2, -0.15) is 0 Å². The Kier molecular flexibility index (Phi) is 4.70. The minimum absolute atomic E-state index is 0.0646. The fraction of sp³-hybridized carbons (Fsp3) is 0.125. The van der Waals surface area contributed by atoms with Gasteiger partial charge in [0, 0.05) is 22.8 Å². The third kappa shape index (κ3) is 3.91. The van der Waals surface area contributed by atoms with Crippen LogP contribution in [0.15, 0.2) is 42.5 Å².